The standard InChI is InChI=1S/C27H30N2O/c1-19(2)23-14-13-20(3)17-26(23)30-16-15-29-25-12-8-7-11-24(25)28-27(29)18-22-10-6-5-9-21(22)4/h5-14,17,19H,15-16,18H2,1-4H3. The lowest BCUT2D eigenvalue weighted by molar-refractivity contribution is 0.294. The molecule has 3 aromatic carbocycles. The second-order valence-corrected chi connectivity index (χ2v) is 8.32. The van der Waals surface area contributed by atoms with Gasteiger partial charge in [-0.05, 0) is 60.2 Å². The minimum Gasteiger partial charge on any atom is -0.491 e. The molecule has 30 heavy (non-hydrogen) atoms. The number of hydrogen-bond acceptors (Lipinski definition) is 2. The van der Waals surface area contributed by atoms with Crippen molar-refractivity contribution in [1.82, 2.24) is 9.55 Å². The van der Waals surface area contributed by atoms with Crippen LogP contribution in [0.25, 0.3) is 11.0 Å². The fraction of sp³-hybridized carbons (Fsp3) is 0.296. The van der Waals surface area contributed by atoms with E-state index >= 15 is 0 Å². The fourth-order valence-electron chi connectivity index (χ4n) is 3.98. The van der Waals surface area contributed by atoms with E-state index in [0.29, 0.717) is 12.5 Å². The van der Waals surface area contributed by atoms with Crippen molar-refractivity contribution in [3.05, 3.63) is 94.8 Å². The van der Waals surface area contributed by atoms with Crippen LogP contribution in [0.4, 0.5) is 0 Å². The van der Waals surface area contributed by atoms with Crippen LogP contribution >= 0.6 is 0 Å². The number of ether oxygens (including phenoxy) is 1. The first-order valence-corrected chi connectivity index (χ1v) is 10.7. The van der Waals surface area contributed by atoms with E-state index in [1.165, 1.54) is 22.3 Å². The molecule has 0 saturated heterocycles. The van der Waals surface area contributed by atoms with Crippen LogP contribution in [0.2, 0.25) is 0 Å². The molecule has 0 radical (unpaired) electrons. The normalized spacial score (nSPS) is 11.4. The Morgan fingerprint density at radius 3 is 2.50 bits per heavy atom. The molecule has 0 fully saturated rings. The van der Waals surface area contributed by atoms with Gasteiger partial charge in [-0.3, -0.25) is 0 Å². The molecule has 0 aliphatic heterocycles. The molecule has 0 unspecified atom stereocenters. The Hall–Kier alpha value is -3.07. The number of nitrogens with zero attached hydrogens (tertiary/aromatic N) is 2. The van der Waals surface area contributed by atoms with E-state index in [1.54, 1.807) is 0 Å². The van der Waals surface area contributed by atoms with Crippen molar-refractivity contribution in [3.8, 4) is 5.75 Å². The Morgan fingerprint density at radius 1 is 0.933 bits per heavy atom. The number of aromatic nitrogens is 2. The van der Waals surface area contributed by atoms with E-state index in [1.807, 2.05) is 0 Å². The number of benzene rings is 3. The van der Waals surface area contributed by atoms with Gasteiger partial charge in [-0.2, -0.15) is 0 Å². The predicted molar refractivity (Wildman–Crippen MR) is 124 cm³/mol. The molecule has 0 aliphatic carbocycles. The van der Waals surface area contributed by atoms with Gasteiger partial charge < -0.3 is 9.30 Å². The highest BCUT2D eigenvalue weighted by Crippen LogP contribution is 2.28. The second-order valence-electron chi connectivity index (χ2n) is 8.32. The van der Waals surface area contributed by atoms with Gasteiger partial charge in [-0.15, -0.1) is 0 Å². The minimum atomic E-state index is 0.436. The molecule has 3 nitrogen and oxygen atoms in total. The summed E-state index contributed by atoms with van der Waals surface area (Å²) >= 11 is 0. The molecule has 0 saturated carbocycles. The molecule has 0 atom stereocenters. The van der Waals surface area contributed by atoms with E-state index in [4.69, 9.17) is 9.72 Å². The maximum Gasteiger partial charge on any atom is 0.123 e. The van der Waals surface area contributed by atoms with E-state index < -0.39 is 0 Å². The lowest BCUT2D eigenvalue weighted by atomic mass is 10.0. The van der Waals surface area contributed by atoms with E-state index in [0.717, 1.165) is 35.6 Å². The molecule has 0 amide bonds. The molecule has 0 spiro atoms. The zero-order chi connectivity index (χ0) is 21.1. The van der Waals surface area contributed by atoms with Crippen LogP contribution in [-0.2, 0) is 13.0 Å². The SMILES string of the molecule is Cc1ccc(C(C)C)c(OCCn2c(Cc3ccccc3C)nc3ccccc32)c1. The number of imidazole rings is 1. The Labute approximate surface area is 179 Å². The largest absolute Gasteiger partial charge is 0.491 e. The van der Waals surface area contributed by atoms with Gasteiger partial charge in [-0.25, -0.2) is 4.98 Å². The minimum absolute atomic E-state index is 0.436. The highest BCUT2D eigenvalue weighted by molar-refractivity contribution is 5.76. The van der Waals surface area contributed by atoms with Gasteiger partial charge in [0.1, 0.15) is 18.2 Å². The van der Waals surface area contributed by atoms with E-state index in [9.17, 15) is 0 Å². The topological polar surface area (TPSA) is 27.1 Å². The molecular weight excluding hydrogens is 368 g/mol. The summed E-state index contributed by atoms with van der Waals surface area (Å²) < 4.78 is 8.59. The number of rotatable bonds is 7. The third-order valence-corrected chi connectivity index (χ3v) is 5.71. The van der Waals surface area contributed by atoms with Crippen LogP contribution in [0.3, 0.4) is 0 Å². The Kier molecular flexibility index (Phi) is 5.89. The first kappa shape index (κ1) is 20.2. The van der Waals surface area contributed by atoms with Crippen LogP contribution in [0, 0.1) is 13.8 Å². The summed E-state index contributed by atoms with van der Waals surface area (Å²) in [5.41, 5.74) is 7.31. The summed E-state index contributed by atoms with van der Waals surface area (Å²) in [6.07, 6.45) is 0.822. The third-order valence-electron chi connectivity index (χ3n) is 5.71. The van der Waals surface area contributed by atoms with Crippen LogP contribution in [0.15, 0.2) is 66.7 Å². The molecule has 1 heterocycles. The fourth-order valence-corrected chi connectivity index (χ4v) is 3.98. The molecule has 1 aromatic heterocycles. The van der Waals surface area contributed by atoms with E-state index in [2.05, 4.69) is 99.0 Å². The lowest BCUT2D eigenvalue weighted by Gasteiger charge is -2.16. The molecular formula is C27H30N2O. The Balaban J connectivity index is 1.60. The van der Waals surface area contributed by atoms with Crippen LogP contribution in [0.1, 0.15) is 47.8 Å². The summed E-state index contributed by atoms with van der Waals surface area (Å²) in [6.45, 7) is 10.1. The molecule has 4 aromatic rings. The van der Waals surface area contributed by atoms with Gasteiger partial charge in [0, 0.05) is 6.42 Å². The van der Waals surface area contributed by atoms with Gasteiger partial charge in [0.15, 0.2) is 0 Å². The van der Waals surface area contributed by atoms with E-state index in [-0.39, 0.29) is 0 Å². The van der Waals surface area contributed by atoms with Crippen molar-refractivity contribution in [1.29, 1.82) is 0 Å². The van der Waals surface area contributed by atoms with Crippen molar-refractivity contribution < 1.29 is 4.74 Å². The molecule has 0 aliphatic rings. The first-order valence-electron chi connectivity index (χ1n) is 10.7. The van der Waals surface area contributed by atoms with Gasteiger partial charge in [0.05, 0.1) is 17.6 Å². The molecule has 3 heteroatoms. The third kappa shape index (κ3) is 4.25. The Bertz CT molecular complexity index is 1160. The highest BCUT2D eigenvalue weighted by atomic mass is 16.5. The van der Waals surface area contributed by atoms with Crippen LogP contribution < -0.4 is 4.74 Å². The number of para-hydroxylation sites is 2. The number of aryl methyl sites for hydroxylation is 2. The van der Waals surface area contributed by atoms with Crippen molar-refractivity contribution in [2.24, 2.45) is 0 Å². The van der Waals surface area contributed by atoms with Gasteiger partial charge in [0.25, 0.3) is 0 Å². The molecule has 4 rings (SSSR count). The summed E-state index contributed by atoms with van der Waals surface area (Å²) in [5.74, 6) is 2.52. The van der Waals surface area contributed by atoms with Gasteiger partial charge in [-0.1, -0.05) is 62.4 Å². The summed E-state index contributed by atoms with van der Waals surface area (Å²) in [6, 6.07) is 23.4. The lowest BCUT2D eigenvalue weighted by Crippen LogP contribution is -2.13. The second kappa shape index (κ2) is 8.74. The van der Waals surface area contributed by atoms with Crippen molar-refractivity contribution in [2.45, 2.75) is 46.6 Å². The average Bonchev–Trinajstić information content (AvgIpc) is 3.07. The average molecular weight is 399 g/mol. The van der Waals surface area contributed by atoms with Gasteiger partial charge >= 0.3 is 0 Å². The smallest absolute Gasteiger partial charge is 0.123 e. The maximum absolute atomic E-state index is 6.28. The summed E-state index contributed by atoms with van der Waals surface area (Å²) in [5, 5.41) is 0. The van der Waals surface area contributed by atoms with Crippen LogP contribution in [-0.4, -0.2) is 16.2 Å². The van der Waals surface area contributed by atoms with Crippen molar-refractivity contribution in [2.75, 3.05) is 6.61 Å². The monoisotopic (exact) mass is 398 g/mol. The van der Waals surface area contributed by atoms with Crippen molar-refractivity contribution in [3.63, 3.8) is 0 Å². The summed E-state index contributed by atoms with van der Waals surface area (Å²) in [4.78, 5) is 4.94. The number of hydrogen-bond donors (Lipinski definition) is 0. The number of fused-ring (bicyclic) bond motifs is 1. The summed E-state index contributed by atoms with van der Waals surface area (Å²) in [7, 11) is 0. The Morgan fingerprint density at radius 2 is 1.70 bits per heavy atom. The molecule has 0 bridgehead atoms. The zero-order valence-electron chi connectivity index (χ0n) is 18.4. The predicted octanol–water partition coefficient (Wildman–Crippen LogP) is 6.45. The quantitative estimate of drug-likeness (QED) is 0.358. The molecule has 154 valence electrons. The first-order chi connectivity index (χ1) is 14.5. The highest BCUT2D eigenvalue weighted by Gasteiger charge is 2.13. The maximum atomic E-state index is 6.28. The van der Waals surface area contributed by atoms with Crippen LogP contribution in [0.5, 0.6) is 5.75 Å². The van der Waals surface area contributed by atoms with Crippen molar-refractivity contribution >= 4 is 11.0 Å². The molecule has 0 N–H and O–H groups in total. The van der Waals surface area contributed by atoms with Gasteiger partial charge in [0.2, 0.25) is 0 Å². The zero-order valence-corrected chi connectivity index (χ0v) is 18.4.